The first-order valence-corrected chi connectivity index (χ1v) is 7.55. The van der Waals surface area contributed by atoms with Gasteiger partial charge < -0.3 is 9.84 Å². The quantitative estimate of drug-likeness (QED) is 0.859. The van der Waals surface area contributed by atoms with Gasteiger partial charge in [0.15, 0.2) is 0 Å². The van der Waals surface area contributed by atoms with Crippen LogP contribution in [0.25, 0.3) is 0 Å². The van der Waals surface area contributed by atoms with E-state index in [1.807, 2.05) is 45.2 Å². The summed E-state index contributed by atoms with van der Waals surface area (Å²) in [6, 6.07) is 11.2. The van der Waals surface area contributed by atoms with Crippen LogP contribution in [0.1, 0.15) is 32.6 Å². The highest BCUT2D eigenvalue weighted by atomic mass is 16.5. The Kier molecular flexibility index (Phi) is 5.40. The van der Waals surface area contributed by atoms with Crippen LogP contribution in [-0.2, 0) is 17.8 Å². The van der Waals surface area contributed by atoms with Crippen LogP contribution in [0.4, 0.5) is 0 Å². The van der Waals surface area contributed by atoms with Gasteiger partial charge in [0.1, 0.15) is 5.75 Å². The first-order valence-electron chi connectivity index (χ1n) is 7.55. The Bertz CT molecular complexity index is 693. The maximum atomic E-state index is 11.4. The highest BCUT2D eigenvalue weighted by Gasteiger charge is 2.09. The third kappa shape index (κ3) is 4.33. The molecule has 1 N–H and O–H groups in total. The van der Waals surface area contributed by atoms with Gasteiger partial charge in [0.25, 0.3) is 0 Å². The molecule has 0 spiro atoms. The topological polar surface area (TPSA) is 49.8 Å². The first-order chi connectivity index (χ1) is 10.9. The van der Waals surface area contributed by atoms with E-state index in [1.165, 1.54) is 12.7 Å². The minimum Gasteiger partial charge on any atom is -0.508 e. The Morgan fingerprint density at radius 2 is 1.70 bits per heavy atom. The van der Waals surface area contributed by atoms with Crippen LogP contribution in [0.2, 0.25) is 0 Å². The number of carbonyl (C=O) groups excluding carboxylic acids is 1. The van der Waals surface area contributed by atoms with Gasteiger partial charge in [-0.05, 0) is 55.8 Å². The molecule has 0 fully saturated rings. The molecule has 0 saturated carbocycles. The lowest BCUT2D eigenvalue weighted by atomic mass is 10.0. The number of benzene rings is 2. The minimum atomic E-state index is -0.329. The molecule has 0 heterocycles. The zero-order valence-electron chi connectivity index (χ0n) is 14.1. The third-order valence-corrected chi connectivity index (χ3v) is 3.96. The number of rotatable bonds is 5. The van der Waals surface area contributed by atoms with Crippen LogP contribution >= 0.6 is 0 Å². The number of nitrogens with zero attached hydrogens (tertiary/aromatic N) is 1. The zero-order valence-corrected chi connectivity index (χ0v) is 14.1. The summed E-state index contributed by atoms with van der Waals surface area (Å²) in [5.74, 6) is 0.00551. The van der Waals surface area contributed by atoms with Crippen molar-refractivity contribution in [3.05, 3.63) is 64.2 Å². The number of methoxy groups -OCH3 is 1. The van der Waals surface area contributed by atoms with Crippen LogP contribution in [0, 0.1) is 13.8 Å². The molecule has 0 unspecified atom stereocenters. The molecule has 2 rings (SSSR count). The highest BCUT2D eigenvalue weighted by molar-refractivity contribution is 5.89. The lowest BCUT2D eigenvalue weighted by molar-refractivity contribution is 0.0600. The third-order valence-electron chi connectivity index (χ3n) is 3.96. The van der Waals surface area contributed by atoms with Crippen molar-refractivity contribution in [3.8, 4) is 5.75 Å². The fraction of sp³-hybridized carbons (Fsp3) is 0.316. The number of esters is 1. The lowest BCUT2D eigenvalue weighted by Gasteiger charge is -2.18. The zero-order chi connectivity index (χ0) is 17.0. The molecule has 0 saturated heterocycles. The van der Waals surface area contributed by atoms with Gasteiger partial charge in [0, 0.05) is 18.7 Å². The van der Waals surface area contributed by atoms with E-state index in [9.17, 15) is 9.90 Å². The number of ether oxygens (including phenoxy) is 1. The van der Waals surface area contributed by atoms with Gasteiger partial charge in [0.2, 0.25) is 0 Å². The molecule has 0 aliphatic heterocycles. The summed E-state index contributed by atoms with van der Waals surface area (Å²) < 4.78 is 4.69. The Hall–Kier alpha value is -2.33. The van der Waals surface area contributed by atoms with Crippen molar-refractivity contribution in [3.63, 3.8) is 0 Å². The molecule has 0 radical (unpaired) electrons. The summed E-state index contributed by atoms with van der Waals surface area (Å²) >= 11 is 0. The van der Waals surface area contributed by atoms with Gasteiger partial charge in [-0.1, -0.05) is 18.2 Å². The van der Waals surface area contributed by atoms with Gasteiger partial charge in [-0.3, -0.25) is 4.90 Å². The van der Waals surface area contributed by atoms with Crippen molar-refractivity contribution in [1.29, 1.82) is 0 Å². The molecule has 0 amide bonds. The molecule has 0 aromatic heterocycles. The monoisotopic (exact) mass is 313 g/mol. The number of hydrogen-bond donors (Lipinski definition) is 1. The smallest absolute Gasteiger partial charge is 0.337 e. The van der Waals surface area contributed by atoms with Crippen molar-refractivity contribution < 1.29 is 14.6 Å². The van der Waals surface area contributed by atoms with Crippen LogP contribution in [0.3, 0.4) is 0 Å². The summed E-state index contributed by atoms with van der Waals surface area (Å²) in [4.78, 5) is 13.5. The summed E-state index contributed by atoms with van der Waals surface area (Å²) in [6.45, 7) is 5.43. The Morgan fingerprint density at radius 3 is 2.30 bits per heavy atom. The van der Waals surface area contributed by atoms with Crippen LogP contribution in [0.15, 0.2) is 36.4 Å². The summed E-state index contributed by atoms with van der Waals surface area (Å²) in [6.07, 6.45) is 0. The van der Waals surface area contributed by atoms with E-state index in [-0.39, 0.29) is 5.97 Å². The number of phenols is 1. The van der Waals surface area contributed by atoms with Gasteiger partial charge in [-0.2, -0.15) is 0 Å². The maximum Gasteiger partial charge on any atom is 0.337 e. The number of phenolic OH excluding ortho intramolecular Hbond substituents is 1. The second kappa shape index (κ2) is 7.29. The SMILES string of the molecule is COC(=O)c1ccc(CN(C)Cc2cc(C)c(C)cc2O)cc1. The minimum absolute atomic E-state index is 0.329. The van der Waals surface area contributed by atoms with Crippen LogP contribution in [0.5, 0.6) is 5.75 Å². The van der Waals surface area contributed by atoms with Gasteiger partial charge in [0.05, 0.1) is 12.7 Å². The van der Waals surface area contributed by atoms with Crippen molar-refractivity contribution in [2.24, 2.45) is 0 Å². The molecule has 0 atom stereocenters. The predicted octanol–water partition coefficient (Wildman–Crippen LogP) is 3.43. The molecule has 2 aromatic rings. The van der Waals surface area contributed by atoms with E-state index in [2.05, 4.69) is 4.90 Å². The number of hydrogen-bond acceptors (Lipinski definition) is 4. The van der Waals surface area contributed by atoms with Gasteiger partial charge in [-0.15, -0.1) is 0 Å². The van der Waals surface area contributed by atoms with E-state index in [4.69, 9.17) is 4.74 Å². The molecule has 122 valence electrons. The van der Waals surface area contributed by atoms with E-state index in [0.717, 1.165) is 23.2 Å². The standard InChI is InChI=1S/C19H23NO3/c1-13-9-17(18(21)10-14(13)2)12-20(3)11-15-5-7-16(8-6-15)19(22)23-4/h5-10,21H,11-12H2,1-4H3. The van der Waals surface area contributed by atoms with E-state index in [1.54, 1.807) is 12.1 Å². The van der Waals surface area contributed by atoms with E-state index in [0.29, 0.717) is 17.9 Å². The number of aryl methyl sites for hydroxylation is 2. The fourth-order valence-corrected chi connectivity index (χ4v) is 2.51. The summed E-state index contributed by atoms with van der Waals surface area (Å²) in [5.41, 5.74) is 4.83. The Labute approximate surface area is 137 Å². The molecular formula is C19H23NO3. The molecule has 0 aliphatic rings. The second-order valence-electron chi connectivity index (χ2n) is 5.93. The van der Waals surface area contributed by atoms with E-state index >= 15 is 0 Å². The molecule has 0 bridgehead atoms. The van der Waals surface area contributed by atoms with E-state index < -0.39 is 0 Å². The normalized spacial score (nSPS) is 10.8. The highest BCUT2D eigenvalue weighted by Crippen LogP contribution is 2.23. The molecule has 4 nitrogen and oxygen atoms in total. The lowest BCUT2D eigenvalue weighted by Crippen LogP contribution is -2.17. The molecule has 0 aliphatic carbocycles. The molecule has 4 heteroatoms. The number of carbonyl (C=O) groups is 1. The van der Waals surface area contributed by atoms with Crippen LogP contribution < -0.4 is 0 Å². The van der Waals surface area contributed by atoms with Crippen LogP contribution in [-0.4, -0.2) is 30.1 Å². The van der Waals surface area contributed by atoms with Gasteiger partial charge >= 0.3 is 5.97 Å². The van der Waals surface area contributed by atoms with Crippen molar-refractivity contribution in [2.75, 3.05) is 14.2 Å². The largest absolute Gasteiger partial charge is 0.508 e. The van der Waals surface area contributed by atoms with Gasteiger partial charge in [-0.25, -0.2) is 4.79 Å². The molecule has 23 heavy (non-hydrogen) atoms. The first kappa shape index (κ1) is 17.0. The molecular weight excluding hydrogens is 290 g/mol. The Morgan fingerprint density at radius 1 is 1.09 bits per heavy atom. The summed E-state index contributed by atoms with van der Waals surface area (Å²) in [5, 5.41) is 10.1. The van der Waals surface area contributed by atoms with Crippen molar-refractivity contribution >= 4 is 5.97 Å². The molecule has 2 aromatic carbocycles. The van der Waals surface area contributed by atoms with Crippen molar-refractivity contribution in [1.82, 2.24) is 4.90 Å². The number of aromatic hydroxyl groups is 1. The Balaban J connectivity index is 2.03. The predicted molar refractivity (Wildman–Crippen MR) is 90.5 cm³/mol. The average Bonchev–Trinajstić information content (AvgIpc) is 2.52. The fourth-order valence-electron chi connectivity index (χ4n) is 2.51. The second-order valence-corrected chi connectivity index (χ2v) is 5.93. The maximum absolute atomic E-state index is 11.4. The average molecular weight is 313 g/mol. The van der Waals surface area contributed by atoms with Crippen molar-refractivity contribution in [2.45, 2.75) is 26.9 Å². The summed E-state index contributed by atoms with van der Waals surface area (Å²) in [7, 11) is 3.38.